The third kappa shape index (κ3) is 3.33. The molecule has 1 aliphatic carbocycles. The third-order valence-electron chi connectivity index (χ3n) is 4.65. The van der Waals surface area contributed by atoms with E-state index in [0.717, 1.165) is 29.9 Å². The lowest BCUT2D eigenvalue weighted by atomic mass is 10.2. The van der Waals surface area contributed by atoms with Gasteiger partial charge in [0.2, 0.25) is 0 Å². The Kier molecular flexibility index (Phi) is 4.09. The monoisotopic (exact) mass is 335 g/mol. The molecule has 1 aromatic carbocycles. The van der Waals surface area contributed by atoms with Crippen LogP contribution in [0.5, 0.6) is 0 Å². The molecule has 0 aliphatic heterocycles. The van der Waals surface area contributed by atoms with Gasteiger partial charge in [0, 0.05) is 18.1 Å². The molecule has 0 unspecified atom stereocenters. The average Bonchev–Trinajstić information content (AvgIpc) is 3.36. The zero-order chi connectivity index (χ0) is 17.2. The molecule has 0 atom stereocenters. The van der Waals surface area contributed by atoms with Gasteiger partial charge in [-0.1, -0.05) is 12.8 Å². The van der Waals surface area contributed by atoms with E-state index in [2.05, 4.69) is 15.5 Å². The van der Waals surface area contributed by atoms with Crippen molar-refractivity contribution in [3.8, 4) is 5.69 Å². The van der Waals surface area contributed by atoms with Gasteiger partial charge >= 0.3 is 0 Å². The van der Waals surface area contributed by atoms with Crippen LogP contribution in [0.4, 0.5) is 5.69 Å². The molecule has 0 radical (unpaired) electrons. The quantitative estimate of drug-likeness (QED) is 0.790. The second-order valence-electron chi connectivity index (χ2n) is 6.52. The molecule has 4 rings (SSSR count). The number of amides is 1. The summed E-state index contributed by atoms with van der Waals surface area (Å²) < 4.78 is 3.75. The first-order valence-corrected chi connectivity index (χ1v) is 8.68. The van der Waals surface area contributed by atoms with Crippen LogP contribution in [0.3, 0.4) is 0 Å². The van der Waals surface area contributed by atoms with Crippen molar-refractivity contribution in [1.29, 1.82) is 0 Å². The topological polar surface area (TPSA) is 64.7 Å². The van der Waals surface area contributed by atoms with Crippen molar-refractivity contribution in [2.45, 2.75) is 38.6 Å². The van der Waals surface area contributed by atoms with Gasteiger partial charge in [-0.3, -0.25) is 9.48 Å². The molecule has 6 heteroatoms. The molecule has 1 saturated carbocycles. The molecule has 2 aromatic heterocycles. The minimum Gasteiger partial charge on any atom is -0.321 e. The minimum atomic E-state index is -0.181. The summed E-state index contributed by atoms with van der Waals surface area (Å²) in [4.78, 5) is 12.4. The standard InChI is InChI=1S/C19H21N5O/c1-14-10-12-23(21-14)17-8-6-15(7-9-17)20-19(25)18-11-13-24(22-18)16-4-2-3-5-16/h6-13,16H,2-5H2,1H3,(H,20,25). The zero-order valence-corrected chi connectivity index (χ0v) is 14.2. The molecule has 25 heavy (non-hydrogen) atoms. The van der Waals surface area contributed by atoms with Crippen LogP contribution in [0.15, 0.2) is 48.8 Å². The van der Waals surface area contributed by atoms with E-state index in [1.54, 1.807) is 6.07 Å². The van der Waals surface area contributed by atoms with E-state index >= 15 is 0 Å². The van der Waals surface area contributed by atoms with Crippen molar-refractivity contribution in [1.82, 2.24) is 19.6 Å². The number of nitrogens with one attached hydrogen (secondary N) is 1. The van der Waals surface area contributed by atoms with Crippen LogP contribution in [0.2, 0.25) is 0 Å². The SMILES string of the molecule is Cc1ccn(-c2ccc(NC(=O)c3ccn(C4CCCC4)n3)cc2)n1. The molecular formula is C19H21N5O. The highest BCUT2D eigenvalue weighted by molar-refractivity contribution is 6.02. The van der Waals surface area contributed by atoms with Crippen LogP contribution >= 0.6 is 0 Å². The smallest absolute Gasteiger partial charge is 0.276 e. The highest BCUT2D eigenvalue weighted by Gasteiger charge is 2.19. The Hall–Kier alpha value is -2.89. The van der Waals surface area contributed by atoms with Gasteiger partial charge in [0.05, 0.1) is 17.4 Å². The summed E-state index contributed by atoms with van der Waals surface area (Å²) in [7, 11) is 0. The Labute approximate surface area is 146 Å². The predicted molar refractivity (Wildman–Crippen MR) is 96.0 cm³/mol. The second-order valence-corrected chi connectivity index (χ2v) is 6.52. The third-order valence-corrected chi connectivity index (χ3v) is 4.65. The summed E-state index contributed by atoms with van der Waals surface area (Å²) >= 11 is 0. The van der Waals surface area contributed by atoms with Gasteiger partial charge < -0.3 is 5.32 Å². The molecule has 0 spiro atoms. The number of aromatic nitrogens is 4. The minimum absolute atomic E-state index is 0.181. The van der Waals surface area contributed by atoms with Crippen molar-refractivity contribution < 1.29 is 4.79 Å². The number of rotatable bonds is 4. The molecule has 3 aromatic rings. The van der Waals surface area contributed by atoms with Crippen molar-refractivity contribution in [3.05, 3.63) is 60.2 Å². The van der Waals surface area contributed by atoms with Crippen molar-refractivity contribution in [3.63, 3.8) is 0 Å². The van der Waals surface area contributed by atoms with E-state index in [1.807, 2.05) is 59.0 Å². The summed E-state index contributed by atoms with van der Waals surface area (Å²) in [5.74, 6) is -0.181. The lowest BCUT2D eigenvalue weighted by molar-refractivity contribution is 0.102. The Morgan fingerprint density at radius 1 is 1.04 bits per heavy atom. The normalized spacial score (nSPS) is 14.8. The van der Waals surface area contributed by atoms with E-state index in [0.29, 0.717) is 11.7 Å². The summed E-state index contributed by atoms with van der Waals surface area (Å²) in [6.45, 7) is 1.95. The van der Waals surface area contributed by atoms with Gasteiger partial charge in [-0.05, 0) is 56.2 Å². The highest BCUT2D eigenvalue weighted by Crippen LogP contribution is 2.28. The summed E-state index contributed by atoms with van der Waals surface area (Å²) in [5, 5.41) is 11.7. The van der Waals surface area contributed by atoms with Gasteiger partial charge in [0.25, 0.3) is 5.91 Å². The zero-order valence-electron chi connectivity index (χ0n) is 14.2. The lowest BCUT2D eigenvalue weighted by Gasteiger charge is -2.09. The van der Waals surface area contributed by atoms with Crippen LogP contribution in [0, 0.1) is 6.92 Å². The Morgan fingerprint density at radius 2 is 1.80 bits per heavy atom. The number of hydrogen-bond acceptors (Lipinski definition) is 3. The second kappa shape index (κ2) is 6.55. The molecule has 6 nitrogen and oxygen atoms in total. The Morgan fingerprint density at radius 3 is 2.48 bits per heavy atom. The van der Waals surface area contributed by atoms with Gasteiger partial charge in [0.15, 0.2) is 5.69 Å². The first-order valence-electron chi connectivity index (χ1n) is 8.68. The van der Waals surface area contributed by atoms with Crippen LogP contribution in [0.25, 0.3) is 5.69 Å². The van der Waals surface area contributed by atoms with Gasteiger partial charge in [0.1, 0.15) is 0 Å². The van der Waals surface area contributed by atoms with Crippen molar-refractivity contribution in [2.75, 3.05) is 5.32 Å². The first kappa shape index (κ1) is 15.6. The average molecular weight is 335 g/mol. The van der Waals surface area contributed by atoms with Gasteiger partial charge in [-0.25, -0.2) is 4.68 Å². The van der Waals surface area contributed by atoms with Crippen molar-refractivity contribution in [2.24, 2.45) is 0 Å². The number of benzene rings is 1. The molecular weight excluding hydrogens is 314 g/mol. The maximum absolute atomic E-state index is 12.4. The fraction of sp³-hybridized carbons (Fsp3) is 0.316. The van der Waals surface area contributed by atoms with Crippen molar-refractivity contribution >= 4 is 11.6 Å². The fourth-order valence-electron chi connectivity index (χ4n) is 3.28. The maximum atomic E-state index is 12.4. The van der Waals surface area contributed by atoms with E-state index in [1.165, 1.54) is 12.8 Å². The van der Waals surface area contributed by atoms with Gasteiger partial charge in [-0.2, -0.15) is 10.2 Å². The largest absolute Gasteiger partial charge is 0.321 e. The molecule has 0 bridgehead atoms. The highest BCUT2D eigenvalue weighted by atomic mass is 16.1. The summed E-state index contributed by atoms with van der Waals surface area (Å²) in [6, 6.07) is 11.8. The summed E-state index contributed by atoms with van der Waals surface area (Å²) in [6.07, 6.45) is 8.61. The van der Waals surface area contributed by atoms with Gasteiger partial charge in [-0.15, -0.1) is 0 Å². The number of nitrogens with zero attached hydrogens (tertiary/aromatic N) is 4. The first-order chi connectivity index (χ1) is 12.2. The summed E-state index contributed by atoms with van der Waals surface area (Å²) in [5.41, 5.74) is 3.12. The molecule has 2 heterocycles. The molecule has 1 amide bonds. The molecule has 0 saturated heterocycles. The lowest BCUT2D eigenvalue weighted by Crippen LogP contribution is -2.14. The van der Waals surface area contributed by atoms with Crippen LogP contribution in [0.1, 0.15) is 47.9 Å². The molecule has 1 fully saturated rings. The number of carbonyl (C=O) groups is 1. The van der Waals surface area contributed by atoms with E-state index in [-0.39, 0.29) is 5.91 Å². The molecule has 1 aliphatic rings. The van der Waals surface area contributed by atoms with Crippen LogP contribution < -0.4 is 5.32 Å². The van der Waals surface area contributed by atoms with E-state index in [9.17, 15) is 4.79 Å². The van der Waals surface area contributed by atoms with Crippen LogP contribution in [-0.2, 0) is 0 Å². The van der Waals surface area contributed by atoms with E-state index < -0.39 is 0 Å². The molecule has 128 valence electrons. The predicted octanol–water partition coefficient (Wildman–Crippen LogP) is 3.74. The number of hydrogen-bond donors (Lipinski definition) is 1. The number of anilines is 1. The fourth-order valence-corrected chi connectivity index (χ4v) is 3.28. The molecule has 1 N–H and O–H groups in total. The van der Waals surface area contributed by atoms with E-state index in [4.69, 9.17) is 0 Å². The number of aryl methyl sites for hydroxylation is 1. The Balaban J connectivity index is 1.43. The van der Waals surface area contributed by atoms with Crippen LogP contribution in [-0.4, -0.2) is 25.5 Å². The number of carbonyl (C=O) groups excluding carboxylic acids is 1. The Bertz CT molecular complexity index is 871. The maximum Gasteiger partial charge on any atom is 0.276 e.